The summed E-state index contributed by atoms with van der Waals surface area (Å²) in [5.74, 6) is 0. The quantitative estimate of drug-likeness (QED) is 0.839. The summed E-state index contributed by atoms with van der Waals surface area (Å²) in [4.78, 5) is 0. The standard InChI is InChI=1S/C15H22F3NO/c1-11(20)8-14(2,3)10-19-9-12-6-4-5-7-13(12)15(16,17)18/h4-7,11,19-20H,8-10H2,1-3H3. The van der Waals surface area contributed by atoms with Crippen molar-refractivity contribution in [2.24, 2.45) is 5.41 Å². The third kappa shape index (κ3) is 5.51. The van der Waals surface area contributed by atoms with E-state index >= 15 is 0 Å². The van der Waals surface area contributed by atoms with Crippen molar-refractivity contribution in [3.63, 3.8) is 0 Å². The van der Waals surface area contributed by atoms with Crippen molar-refractivity contribution in [2.45, 2.75) is 46.0 Å². The Balaban J connectivity index is 2.63. The van der Waals surface area contributed by atoms with Crippen molar-refractivity contribution in [3.05, 3.63) is 35.4 Å². The zero-order valence-corrected chi connectivity index (χ0v) is 12.1. The van der Waals surface area contributed by atoms with Crippen molar-refractivity contribution >= 4 is 0 Å². The number of alkyl halides is 3. The van der Waals surface area contributed by atoms with Gasteiger partial charge >= 0.3 is 6.18 Å². The predicted molar refractivity (Wildman–Crippen MR) is 73.2 cm³/mol. The van der Waals surface area contributed by atoms with E-state index in [2.05, 4.69) is 5.32 Å². The molecule has 5 heteroatoms. The lowest BCUT2D eigenvalue weighted by Gasteiger charge is -2.26. The van der Waals surface area contributed by atoms with E-state index in [0.717, 1.165) is 6.07 Å². The average Bonchev–Trinajstić information content (AvgIpc) is 2.26. The Morgan fingerprint density at radius 1 is 1.20 bits per heavy atom. The number of aliphatic hydroxyl groups excluding tert-OH is 1. The van der Waals surface area contributed by atoms with Gasteiger partial charge in [-0.05, 0) is 30.4 Å². The van der Waals surface area contributed by atoms with E-state index in [0.29, 0.717) is 13.0 Å². The van der Waals surface area contributed by atoms with E-state index in [1.807, 2.05) is 13.8 Å². The lowest BCUT2D eigenvalue weighted by molar-refractivity contribution is -0.138. The monoisotopic (exact) mass is 289 g/mol. The van der Waals surface area contributed by atoms with E-state index in [-0.39, 0.29) is 17.5 Å². The minimum atomic E-state index is -4.33. The highest BCUT2D eigenvalue weighted by Crippen LogP contribution is 2.31. The number of halogens is 3. The summed E-state index contributed by atoms with van der Waals surface area (Å²) >= 11 is 0. The van der Waals surface area contributed by atoms with Crippen molar-refractivity contribution in [1.82, 2.24) is 5.32 Å². The largest absolute Gasteiger partial charge is 0.416 e. The summed E-state index contributed by atoms with van der Waals surface area (Å²) in [6.45, 7) is 6.37. The van der Waals surface area contributed by atoms with Crippen LogP contribution in [0.25, 0.3) is 0 Å². The summed E-state index contributed by atoms with van der Waals surface area (Å²) in [7, 11) is 0. The van der Waals surface area contributed by atoms with Gasteiger partial charge in [-0.2, -0.15) is 13.2 Å². The second-order valence-corrected chi connectivity index (χ2v) is 5.98. The first kappa shape index (κ1) is 17.0. The highest BCUT2D eigenvalue weighted by molar-refractivity contribution is 5.29. The molecule has 0 amide bonds. The van der Waals surface area contributed by atoms with Gasteiger partial charge in [0.05, 0.1) is 11.7 Å². The smallest absolute Gasteiger partial charge is 0.393 e. The maximum atomic E-state index is 12.8. The molecule has 0 fully saturated rings. The molecular formula is C15H22F3NO. The van der Waals surface area contributed by atoms with Crippen molar-refractivity contribution in [3.8, 4) is 0 Å². The summed E-state index contributed by atoms with van der Waals surface area (Å²) in [6, 6.07) is 5.58. The molecule has 0 aliphatic carbocycles. The molecule has 0 saturated heterocycles. The molecule has 1 rings (SSSR count). The van der Waals surface area contributed by atoms with Gasteiger partial charge in [0.2, 0.25) is 0 Å². The minimum absolute atomic E-state index is 0.165. The van der Waals surface area contributed by atoms with Crippen LogP contribution in [0, 0.1) is 5.41 Å². The summed E-state index contributed by atoms with van der Waals surface area (Å²) in [5.41, 5.74) is -0.518. The first-order chi connectivity index (χ1) is 9.12. The van der Waals surface area contributed by atoms with E-state index in [9.17, 15) is 18.3 Å². The topological polar surface area (TPSA) is 32.3 Å². The van der Waals surface area contributed by atoms with E-state index < -0.39 is 17.8 Å². The third-order valence-electron chi connectivity index (χ3n) is 3.09. The van der Waals surface area contributed by atoms with E-state index in [1.54, 1.807) is 13.0 Å². The van der Waals surface area contributed by atoms with Gasteiger partial charge in [0, 0.05) is 13.1 Å². The van der Waals surface area contributed by atoms with Crippen LogP contribution in [0.5, 0.6) is 0 Å². The first-order valence-electron chi connectivity index (χ1n) is 6.66. The molecule has 0 heterocycles. The number of nitrogens with one attached hydrogen (secondary N) is 1. The Kier molecular flexibility index (Phi) is 5.59. The Morgan fingerprint density at radius 2 is 1.80 bits per heavy atom. The zero-order valence-electron chi connectivity index (χ0n) is 12.1. The maximum Gasteiger partial charge on any atom is 0.416 e. The minimum Gasteiger partial charge on any atom is -0.393 e. The molecule has 20 heavy (non-hydrogen) atoms. The molecule has 114 valence electrons. The van der Waals surface area contributed by atoms with Crippen LogP contribution in [0.2, 0.25) is 0 Å². The SMILES string of the molecule is CC(O)CC(C)(C)CNCc1ccccc1C(F)(F)F. The van der Waals surface area contributed by atoms with Crippen LogP contribution in [0.1, 0.15) is 38.3 Å². The van der Waals surface area contributed by atoms with Crippen molar-refractivity contribution in [2.75, 3.05) is 6.54 Å². The van der Waals surface area contributed by atoms with E-state index in [4.69, 9.17) is 0 Å². The average molecular weight is 289 g/mol. The van der Waals surface area contributed by atoms with Gasteiger partial charge in [0.1, 0.15) is 0 Å². The molecular weight excluding hydrogens is 267 g/mol. The number of aliphatic hydroxyl groups is 1. The third-order valence-corrected chi connectivity index (χ3v) is 3.09. The summed E-state index contributed by atoms with van der Waals surface area (Å²) in [6.07, 6.45) is -4.15. The summed E-state index contributed by atoms with van der Waals surface area (Å²) in [5, 5.41) is 12.4. The second kappa shape index (κ2) is 6.59. The molecule has 2 nitrogen and oxygen atoms in total. The fourth-order valence-electron chi connectivity index (χ4n) is 2.36. The normalized spacial score (nSPS) is 14.3. The molecule has 0 aliphatic heterocycles. The number of benzene rings is 1. The Morgan fingerprint density at radius 3 is 2.35 bits per heavy atom. The lowest BCUT2D eigenvalue weighted by atomic mass is 9.87. The zero-order chi connectivity index (χ0) is 15.4. The van der Waals surface area contributed by atoms with Gasteiger partial charge in [0.15, 0.2) is 0 Å². The molecule has 2 N–H and O–H groups in total. The highest BCUT2D eigenvalue weighted by Gasteiger charge is 2.32. The molecule has 1 atom stereocenters. The number of hydrogen-bond acceptors (Lipinski definition) is 2. The van der Waals surface area contributed by atoms with Gasteiger partial charge in [0.25, 0.3) is 0 Å². The van der Waals surface area contributed by atoms with Crippen LogP contribution in [0.4, 0.5) is 13.2 Å². The highest BCUT2D eigenvalue weighted by atomic mass is 19.4. The Bertz CT molecular complexity index is 427. The van der Waals surface area contributed by atoms with Gasteiger partial charge in [-0.1, -0.05) is 32.0 Å². The Labute approximate surface area is 118 Å². The lowest BCUT2D eigenvalue weighted by Crippen LogP contribution is -2.32. The molecule has 0 saturated carbocycles. The fourth-order valence-corrected chi connectivity index (χ4v) is 2.36. The first-order valence-corrected chi connectivity index (χ1v) is 6.66. The molecule has 1 aromatic carbocycles. The molecule has 1 unspecified atom stereocenters. The maximum absolute atomic E-state index is 12.8. The van der Waals surface area contributed by atoms with Crippen LogP contribution >= 0.6 is 0 Å². The molecule has 0 aliphatic rings. The molecule has 0 radical (unpaired) electrons. The van der Waals surface area contributed by atoms with Crippen LogP contribution in [-0.2, 0) is 12.7 Å². The van der Waals surface area contributed by atoms with Crippen LogP contribution in [0.3, 0.4) is 0 Å². The molecule has 0 aromatic heterocycles. The fraction of sp³-hybridized carbons (Fsp3) is 0.600. The van der Waals surface area contributed by atoms with Crippen molar-refractivity contribution in [1.29, 1.82) is 0 Å². The van der Waals surface area contributed by atoms with Gasteiger partial charge in [-0.3, -0.25) is 0 Å². The van der Waals surface area contributed by atoms with E-state index in [1.165, 1.54) is 12.1 Å². The number of hydrogen-bond donors (Lipinski definition) is 2. The number of rotatable bonds is 6. The van der Waals surface area contributed by atoms with Crippen LogP contribution in [-0.4, -0.2) is 17.8 Å². The summed E-state index contributed by atoms with van der Waals surface area (Å²) < 4.78 is 38.5. The predicted octanol–water partition coefficient (Wildman–Crippen LogP) is 3.59. The van der Waals surface area contributed by atoms with Gasteiger partial charge in [-0.15, -0.1) is 0 Å². The van der Waals surface area contributed by atoms with Gasteiger partial charge < -0.3 is 10.4 Å². The molecule has 0 bridgehead atoms. The Hall–Kier alpha value is -1.07. The second-order valence-electron chi connectivity index (χ2n) is 5.98. The molecule has 1 aromatic rings. The van der Waals surface area contributed by atoms with Crippen LogP contribution < -0.4 is 5.32 Å². The molecule has 0 spiro atoms. The van der Waals surface area contributed by atoms with Crippen LogP contribution in [0.15, 0.2) is 24.3 Å². The van der Waals surface area contributed by atoms with Crippen molar-refractivity contribution < 1.29 is 18.3 Å². The van der Waals surface area contributed by atoms with Gasteiger partial charge in [-0.25, -0.2) is 0 Å².